The number of rotatable bonds is 10. The highest BCUT2D eigenvalue weighted by molar-refractivity contribution is 7.84. The number of benzene rings is 2. The smallest absolute Gasteiger partial charge is 0.226 e. The van der Waals surface area contributed by atoms with Crippen molar-refractivity contribution < 1.29 is 18.2 Å². The quantitative estimate of drug-likeness (QED) is 0.249. The normalized spacial score (nSPS) is 25.4. The number of amides is 1. The molecule has 3 unspecified atom stereocenters. The first kappa shape index (κ1) is 37.5. The van der Waals surface area contributed by atoms with Crippen LogP contribution in [0.3, 0.4) is 0 Å². The van der Waals surface area contributed by atoms with Gasteiger partial charge in [0, 0.05) is 46.9 Å². The maximum absolute atomic E-state index is 16.0. The summed E-state index contributed by atoms with van der Waals surface area (Å²) in [7, 11) is -1.30. The summed E-state index contributed by atoms with van der Waals surface area (Å²) in [4.78, 5) is 29.8. The van der Waals surface area contributed by atoms with Crippen LogP contribution in [0.15, 0.2) is 36.4 Å². The topological polar surface area (TPSA) is 66.5 Å². The lowest BCUT2D eigenvalue weighted by Crippen LogP contribution is -2.44. The molecule has 9 heteroatoms. The van der Waals surface area contributed by atoms with E-state index in [-0.39, 0.29) is 40.8 Å². The second-order valence-electron chi connectivity index (χ2n) is 15.9. The Kier molecular flexibility index (Phi) is 12.2. The van der Waals surface area contributed by atoms with Gasteiger partial charge < -0.3 is 4.90 Å². The van der Waals surface area contributed by atoms with E-state index in [1.54, 1.807) is 24.3 Å². The highest BCUT2D eigenvalue weighted by atomic mass is 35.5. The van der Waals surface area contributed by atoms with Crippen molar-refractivity contribution in [3.8, 4) is 0 Å². The first-order valence-corrected chi connectivity index (χ1v) is 19.8. The Morgan fingerprint density at radius 2 is 1.85 bits per heavy atom. The van der Waals surface area contributed by atoms with Gasteiger partial charge >= 0.3 is 0 Å². The fourth-order valence-electron chi connectivity index (χ4n) is 8.27. The lowest BCUT2D eigenvalue weighted by atomic mass is 9.79. The molecular weight excluding hydrogens is 666 g/mol. The fraction of sp³-hybridized carbons (Fsp3) is 0.641. The molecule has 2 aliphatic carbocycles. The van der Waals surface area contributed by atoms with Crippen molar-refractivity contribution in [2.24, 2.45) is 23.7 Å². The third kappa shape index (κ3) is 8.55. The predicted octanol–water partition coefficient (Wildman–Crippen LogP) is 9.55. The van der Waals surface area contributed by atoms with Gasteiger partial charge in [-0.05, 0) is 119 Å². The zero-order valence-electron chi connectivity index (χ0n) is 29.3. The van der Waals surface area contributed by atoms with Gasteiger partial charge in [0.2, 0.25) is 5.91 Å². The van der Waals surface area contributed by atoms with Crippen molar-refractivity contribution in [1.29, 1.82) is 0 Å². The number of ketones is 1. The van der Waals surface area contributed by atoms with Crippen LogP contribution in [0.2, 0.25) is 10.0 Å². The minimum atomic E-state index is -1.30. The number of halogens is 3. The summed E-state index contributed by atoms with van der Waals surface area (Å²) in [6.07, 6.45) is 8.43. The maximum atomic E-state index is 16.0. The highest BCUT2D eigenvalue weighted by Crippen LogP contribution is 2.61. The van der Waals surface area contributed by atoms with Crippen molar-refractivity contribution >= 4 is 45.9 Å². The van der Waals surface area contributed by atoms with Gasteiger partial charge in [0.25, 0.3) is 0 Å². The molecule has 0 bridgehead atoms. The molecule has 0 radical (unpaired) electrons. The van der Waals surface area contributed by atoms with Gasteiger partial charge in [0.1, 0.15) is 11.6 Å². The summed E-state index contributed by atoms with van der Waals surface area (Å²) in [5, 5.41) is 1.06. The molecule has 1 heterocycles. The van der Waals surface area contributed by atoms with E-state index in [4.69, 9.17) is 23.2 Å². The number of Topliss-reactive ketones (excluding diaryl/α,β-unsaturated/α-hetero) is 1. The SMILES string of the molecule is CC(C)C[C@H](N[S@@](=O)C(C)(C)C)c1cccc(F)c1C12CCCN(C(=O)[C@@H](Cc3ccc(Cl)cc3Cl)C3CCCCCC3=O)CCC1C2. The third-order valence-electron chi connectivity index (χ3n) is 10.9. The summed E-state index contributed by atoms with van der Waals surface area (Å²) in [6.45, 7) is 11.3. The standard InChI is InChI=1S/C39H53Cl2FN2O3S/c1-25(2)21-34(43-48(47)38(3,4)5)30-12-9-13-33(42)36(30)39-18-10-19-44(20-17-27(39)24-39)37(46)31(29-11-7-6-8-14-35(29)45)22-26-15-16-28(40)23-32(26)41/h9,12-13,15-16,23,25,27,29,31,34,43H,6-8,10-11,14,17-22,24H2,1-5H3/t27?,29?,31-,34-,39?,48-/m0/s1. The van der Waals surface area contributed by atoms with Crippen molar-refractivity contribution in [3.05, 3.63) is 69.0 Å². The molecule has 1 N–H and O–H groups in total. The number of carbonyl (C=O) groups is 2. The summed E-state index contributed by atoms with van der Waals surface area (Å²) in [6, 6.07) is 10.5. The number of nitrogens with zero attached hydrogens (tertiary/aromatic N) is 1. The maximum Gasteiger partial charge on any atom is 0.226 e. The molecule has 1 amide bonds. The zero-order chi connectivity index (χ0) is 34.8. The lowest BCUT2D eigenvalue weighted by molar-refractivity contribution is -0.141. The molecule has 5 nitrogen and oxygen atoms in total. The first-order chi connectivity index (χ1) is 22.7. The van der Waals surface area contributed by atoms with Crippen molar-refractivity contribution in [2.75, 3.05) is 13.1 Å². The van der Waals surface area contributed by atoms with Crippen LogP contribution in [0.4, 0.5) is 4.39 Å². The number of likely N-dealkylation sites (tertiary alicyclic amines) is 1. The van der Waals surface area contributed by atoms with Crippen LogP contribution in [-0.4, -0.2) is 38.6 Å². The van der Waals surface area contributed by atoms with E-state index in [1.807, 2.05) is 37.8 Å². The second-order valence-corrected chi connectivity index (χ2v) is 18.7. The van der Waals surface area contributed by atoms with E-state index in [2.05, 4.69) is 18.6 Å². The molecule has 6 atom stereocenters. The molecular formula is C39H53Cl2FN2O3S. The number of fused-ring (bicyclic) bond motifs is 1. The largest absolute Gasteiger partial charge is 0.342 e. The van der Waals surface area contributed by atoms with Gasteiger partial charge in [-0.3, -0.25) is 9.59 Å². The number of hydrogen-bond acceptors (Lipinski definition) is 3. The van der Waals surface area contributed by atoms with Crippen molar-refractivity contribution in [1.82, 2.24) is 9.62 Å². The summed E-state index contributed by atoms with van der Waals surface area (Å²) >= 11 is 12.8. The van der Waals surface area contributed by atoms with E-state index >= 15 is 4.39 Å². The Labute approximate surface area is 299 Å². The number of hydrogen-bond donors (Lipinski definition) is 1. The lowest BCUT2D eigenvalue weighted by Gasteiger charge is -2.34. The van der Waals surface area contributed by atoms with E-state index < -0.39 is 21.7 Å². The minimum absolute atomic E-state index is 0.0341. The predicted molar refractivity (Wildman–Crippen MR) is 195 cm³/mol. The fourth-order valence-corrected chi connectivity index (χ4v) is 9.59. The Morgan fingerprint density at radius 3 is 2.56 bits per heavy atom. The van der Waals surface area contributed by atoms with E-state index in [9.17, 15) is 13.8 Å². The molecule has 0 spiro atoms. The Bertz CT molecular complexity index is 1510. The Balaban J connectivity index is 1.38. The first-order valence-electron chi connectivity index (χ1n) is 17.9. The Hall–Kier alpha value is -1.80. The molecule has 48 heavy (non-hydrogen) atoms. The van der Waals surface area contributed by atoms with Crippen LogP contribution in [-0.2, 0) is 32.4 Å². The van der Waals surface area contributed by atoms with Gasteiger partial charge in [0.15, 0.2) is 0 Å². The average molecular weight is 720 g/mol. The van der Waals surface area contributed by atoms with Crippen molar-refractivity contribution in [2.45, 2.75) is 121 Å². The van der Waals surface area contributed by atoms with E-state index in [0.29, 0.717) is 41.9 Å². The molecule has 1 aliphatic heterocycles. The summed E-state index contributed by atoms with van der Waals surface area (Å²) in [5.74, 6) is -0.173. The van der Waals surface area contributed by atoms with Crippen LogP contribution < -0.4 is 4.72 Å². The zero-order valence-corrected chi connectivity index (χ0v) is 31.6. The monoisotopic (exact) mass is 718 g/mol. The van der Waals surface area contributed by atoms with Crippen molar-refractivity contribution in [3.63, 3.8) is 0 Å². The van der Waals surface area contributed by atoms with Crippen LogP contribution >= 0.6 is 23.2 Å². The number of nitrogens with one attached hydrogen (secondary N) is 1. The highest BCUT2D eigenvalue weighted by Gasteiger charge is 2.57. The van der Waals surface area contributed by atoms with Crippen LogP contribution in [0, 0.1) is 29.5 Å². The molecule has 3 aliphatic rings. The van der Waals surface area contributed by atoms with Gasteiger partial charge in [-0.25, -0.2) is 13.3 Å². The molecule has 5 rings (SSSR count). The van der Waals surface area contributed by atoms with Crippen LogP contribution in [0.1, 0.15) is 122 Å². The van der Waals surface area contributed by atoms with E-state index in [1.165, 1.54) is 0 Å². The molecule has 3 fully saturated rings. The molecule has 2 aromatic carbocycles. The molecule has 1 saturated heterocycles. The number of carbonyl (C=O) groups excluding carboxylic acids is 2. The van der Waals surface area contributed by atoms with Crippen LogP contribution in [0.5, 0.6) is 0 Å². The molecule has 0 aromatic heterocycles. The summed E-state index contributed by atoms with van der Waals surface area (Å²) < 4.78 is 32.3. The van der Waals surface area contributed by atoms with Crippen LogP contribution in [0.25, 0.3) is 0 Å². The van der Waals surface area contributed by atoms with E-state index in [0.717, 1.165) is 74.5 Å². The van der Waals surface area contributed by atoms with Gasteiger partial charge in [0.05, 0.1) is 21.7 Å². The molecule has 264 valence electrons. The third-order valence-corrected chi connectivity index (χ3v) is 13.1. The minimum Gasteiger partial charge on any atom is -0.342 e. The summed E-state index contributed by atoms with van der Waals surface area (Å²) in [5.41, 5.74) is 2.25. The van der Waals surface area contributed by atoms with Gasteiger partial charge in [-0.1, -0.05) is 68.1 Å². The molecule has 2 aromatic rings. The van der Waals surface area contributed by atoms with Gasteiger partial charge in [-0.15, -0.1) is 0 Å². The second kappa shape index (κ2) is 15.6. The Morgan fingerprint density at radius 1 is 1.08 bits per heavy atom. The van der Waals surface area contributed by atoms with Gasteiger partial charge in [-0.2, -0.15) is 0 Å². The molecule has 2 saturated carbocycles. The average Bonchev–Trinajstić information content (AvgIpc) is 3.73.